The van der Waals surface area contributed by atoms with Crippen LogP contribution in [0.4, 0.5) is 0 Å². The van der Waals surface area contributed by atoms with E-state index in [1.807, 2.05) is 36.4 Å². The molecule has 124 valence electrons. The summed E-state index contributed by atoms with van der Waals surface area (Å²) in [5.41, 5.74) is 1.59. The molecule has 2 rings (SSSR count). The van der Waals surface area contributed by atoms with E-state index in [-0.39, 0.29) is 5.91 Å². The number of hydrogen-bond donors (Lipinski definition) is 1. The first-order valence-electron chi connectivity index (χ1n) is 7.79. The highest BCUT2D eigenvalue weighted by Gasteiger charge is 2.24. The van der Waals surface area contributed by atoms with Gasteiger partial charge in [-0.3, -0.25) is 9.59 Å². The Labute approximate surface area is 142 Å². The van der Waals surface area contributed by atoms with Gasteiger partial charge in [-0.1, -0.05) is 55.1 Å². The van der Waals surface area contributed by atoms with Gasteiger partial charge in [0.2, 0.25) is 0 Å². The molecule has 0 radical (unpaired) electrons. The molecule has 0 spiro atoms. The lowest BCUT2D eigenvalue weighted by molar-refractivity contribution is -0.145. The first-order valence-corrected chi connectivity index (χ1v) is 7.79. The van der Waals surface area contributed by atoms with Gasteiger partial charge >= 0.3 is 5.97 Å². The van der Waals surface area contributed by atoms with Crippen LogP contribution in [0.2, 0.25) is 0 Å². The monoisotopic (exact) mass is 323 g/mol. The van der Waals surface area contributed by atoms with Crippen molar-refractivity contribution in [2.45, 2.75) is 25.5 Å². The Balaban J connectivity index is 2.19. The molecule has 4 heteroatoms. The second kappa shape index (κ2) is 8.67. The Kier molecular flexibility index (Phi) is 6.32. The number of carbonyl (C=O) groups is 2. The van der Waals surface area contributed by atoms with Crippen LogP contribution in [-0.4, -0.2) is 24.0 Å². The molecule has 1 amide bonds. The molecule has 0 aliphatic heterocycles. The van der Waals surface area contributed by atoms with Crippen molar-refractivity contribution >= 4 is 11.9 Å². The number of amides is 1. The number of rotatable bonds is 7. The van der Waals surface area contributed by atoms with Gasteiger partial charge in [0.25, 0.3) is 5.91 Å². The fourth-order valence-corrected chi connectivity index (χ4v) is 2.44. The van der Waals surface area contributed by atoms with Crippen molar-refractivity contribution in [2.24, 2.45) is 0 Å². The minimum atomic E-state index is -0.602. The summed E-state index contributed by atoms with van der Waals surface area (Å²) in [5, 5.41) is 2.95. The smallest absolute Gasteiger partial charge is 0.303 e. The average Bonchev–Trinajstić information content (AvgIpc) is 2.60. The van der Waals surface area contributed by atoms with Crippen molar-refractivity contribution in [3.63, 3.8) is 0 Å². The molecule has 0 aromatic heterocycles. The van der Waals surface area contributed by atoms with Crippen LogP contribution >= 0.6 is 0 Å². The molecule has 0 unspecified atom stereocenters. The van der Waals surface area contributed by atoms with E-state index in [1.54, 1.807) is 30.3 Å². The number of benzene rings is 2. The van der Waals surface area contributed by atoms with Crippen LogP contribution in [0.5, 0.6) is 0 Å². The molecule has 2 aromatic carbocycles. The average molecular weight is 323 g/mol. The second-order valence-electron chi connectivity index (χ2n) is 5.45. The Morgan fingerprint density at radius 1 is 1.08 bits per heavy atom. The fourth-order valence-electron chi connectivity index (χ4n) is 2.44. The predicted molar refractivity (Wildman–Crippen MR) is 93.6 cm³/mol. The maximum Gasteiger partial charge on any atom is 0.303 e. The molecule has 2 atom stereocenters. The van der Waals surface area contributed by atoms with Gasteiger partial charge in [0.05, 0.1) is 6.04 Å². The van der Waals surface area contributed by atoms with Crippen molar-refractivity contribution in [1.29, 1.82) is 0 Å². The summed E-state index contributed by atoms with van der Waals surface area (Å²) in [6, 6.07) is 18.3. The van der Waals surface area contributed by atoms with Gasteiger partial charge in [0.1, 0.15) is 6.10 Å². The lowest BCUT2D eigenvalue weighted by Gasteiger charge is -2.25. The minimum Gasteiger partial charge on any atom is -0.456 e. The van der Waals surface area contributed by atoms with Gasteiger partial charge in [-0.05, 0) is 30.2 Å². The number of hydrogen-bond acceptors (Lipinski definition) is 3. The number of carbonyl (C=O) groups excluding carboxylic acids is 2. The first kappa shape index (κ1) is 17.5. The van der Waals surface area contributed by atoms with Gasteiger partial charge < -0.3 is 10.1 Å². The summed E-state index contributed by atoms with van der Waals surface area (Å²) >= 11 is 0. The third kappa shape index (κ3) is 5.09. The Bertz CT molecular complexity index is 683. The van der Waals surface area contributed by atoms with Gasteiger partial charge in [-0.2, -0.15) is 0 Å². The third-order valence-corrected chi connectivity index (χ3v) is 3.58. The number of esters is 1. The zero-order chi connectivity index (χ0) is 17.4. The van der Waals surface area contributed by atoms with E-state index in [1.165, 1.54) is 6.92 Å². The highest BCUT2D eigenvalue weighted by Crippen LogP contribution is 2.11. The molecular weight excluding hydrogens is 302 g/mol. The molecule has 1 N–H and O–H groups in total. The van der Waals surface area contributed by atoms with E-state index in [0.717, 1.165) is 5.56 Å². The topological polar surface area (TPSA) is 55.4 Å². The second-order valence-corrected chi connectivity index (χ2v) is 5.45. The normalized spacial score (nSPS) is 12.7. The third-order valence-electron chi connectivity index (χ3n) is 3.58. The molecule has 0 bridgehead atoms. The number of ether oxygens (including phenoxy) is 1. The molecule has 0 aliphatic rings. The highest BCUT2D eigenvalue weighted by molar-refractivity contribution is 5.94. The molecule has 0 heterocycles. The van der Waals surface area contributed by atoms with E-state index in [9.17, 15) is 9.59 Å². The van der Waals surface area contributed by atoms with Crippen LogP contribution in [0, 0.1) is 0 Å². The zero-order valence-electron chi connectivity index (χ0n) is 13.6. The van der Waals surface area contributed by atoms with Crippen molar-refractivity contribution < 1.29 is 14.3 Å². The van der Waals surface area contributed by atoms with Crippen molar-refractivity contribution in [1.82, 2.24) is 5.32 Å². The minimum absolute atomic E-state index is 0.212. The first-order chi connectivity index (χ1) is 11.6. The predicted octanol–water partition coefficient (Wildman–Crippen LogP) is 3.15. The molecule has 0 saturated heterocycles. The molecular formula is C20H21NO3. The standard InChI is InChI=1S/C20H21NO3/c1-3-19(24-15(2)22)18(14-16-10-6-4-7-11-16)21-20(23)17-12-8-5-9-13-17/h3-13,18-19H,1,14H2,2H3,(H,21,23)/t18-,19-/m1/s1. The molecule has 2 aromatic rings. The largest absolute Gasteiger partial charge is 0.456 e. The Hall–Kier alpha value is -2.88. The van der Waals surface area contributed by atoms with E-state index in [4.69, 9.17) is 4.74 Å². The van der Waals surface area contributed by atoms with Crippen molar-refractivity contribution in [3.05, 3.63) is 84.4 Å². The zero-order valence-corrected chi connectivity index (χ0v) is 13.6. The maximum atomic E-state index is 12.5. The Morgan fingerprint density at radius 2 is 1.67 bits per heavy atom. The molecule has 0 fully saturated rings. The van der Waals surface area contributed by atoms with Crippen LogP contribution in [-0.2, 0) is 16.0 Å². The lowest BCUT2D eigenvalue weighted by Crippen LogP contribution is -2.45. The van der Waals surface area contributed by atoms with Crippen LogP contribution in [0.25, 0.3) is 0 Å². The summed E-state index contributed by atoms with van der Waals surface area (Å²) in [5.74, 6) is -0.623. The lowest BCUT2D eigenvalue weighted by atomic mass is 10.0. The van der Waals surface area contributed by atoms with Crippen LogP contribution in [0.15, 0.2) is 73.3 Å². The van der Waals surface area contributed by atoms with E-state index < -0.39 is 18.1 Å². The summed E-state index contributed by atoms with van der Waals surface area (Å²) in [6.07, 6.45) is 1.47. The fraction of sp³-hybridized carbons (Fsp3) is 0.200. The summed E-state index contributed by atoms with van der Waals surface area (Å²) in [4.78, 5) is 23.8. The summed E-state index contributed by atoms with van der Waals surface area (Å²) in [7, 11) is 0. The van der Waals surface area contributed by atoms with Gasteiger partial charge in [-0.25, -0.2) is 0 Å². The van der Waals surface area contributed by atoms with Crippen LogP contribution in [0.3, 0.4) is 0 Å². The SMILES string of the molecule is C=C[C@@H](OC(C)=O)[C@@H](Cc1ccccc1)NC(=O)c1ccccc1. The van der Waals surface area contributed by atoms with Crippen molar-refractivity contribution in [3.8, 4) is 0 Å². The van der Waals surface area contributed by atoms with Gasteiger partial charge in [0.15, 0.2) is 0 Å². The summed E-state index contributed by atoms with van der Waals surface area (Å²) < 4.78 is 5.30. The van der Waals surface area contributed by atoms with E-state index >= 15 is 0 Å². The van der Waals surface area contributed by atoms with E-state index in [0.29, 0.717) is 12.0 Å². The molecule has 24 heavy (non-hydrogen) atoms. The molecule has 4 nitrogen and oxygen atoms in total. The van der Waals surface area contributed by atoms with E-state index in [2.05, 4.69) is 11.9 Å². The number of nitrogens with one attached hydrogen (secondary N) is 1. The van der Waals surface area contributed by atoms with Gasteiger partial charge in [-0.15, -0.1) is 0 Å². The Morgan fingerprint density at radius 3 is 2.21 bits per heavy atom. The van der Waals surface area contributed by atoms with Gasteiger partial charge in [0, 0.05) is 12.5 Å². The van der Waals surface area contributed by atoms with Crippen molar-refractivity contribution in [2.75, 3.05) is 0 Å². The molecule has 0 saturated carbocycles. The summed E-state index contributed by atoms with van der Waals surface area (Å²) in [6.45, 7) is 5.07. The quantitative estimate of drug-likeness (QED) is 0.629. The van der Waals surface area contributed by atoms with Crippen LogP contribution < -0.4 is 5.32 Å². The maximum absolute atomic E-state index is 12.5. The highest BCUT2D eigenvalue weighted by atomic mass is 16.5. The van der Waals surface area contributed by atoms with Crippen LogP contribution in [0.1, 0.15) is 22.8 Å². The molecule has 0 aliphatic carbocycles.